The monoisotopic (exact) mass is 469 g/mol. The highest BCUT2D eigenvalue weighted by Gasteiger charge is 2.02. The molecule has 0 fully saturated rings. The number of halogens is 1. The van der Waals surface area contributed by atoms with Gasteiger partial charge in [0.2, 0.25) is 0 Å². The van der Waals surface area contributed by atoms with E-state index < -0.39 is 0 Å². The summed E-state index contributed by atoms with van der Waals surface area (Å²) >= 11 is 0. The number of rotatable bonds is 9. The van der Waals surface area contributed by atoms with Gasteiger partial charge in [0, 0.05) is 45.6 Å². The van der Waals surface area contributed by atoms with Gasteiger partial charge in [-0.2, -0.15) is 0 Å². The minimum absolute atomic E-state index is 0. The summed E-state index contributed by atoms with van der Waals surface area (Å²) < 4.78 is 2.15. The average molecular weight is 469 g/mol. The van der Waals surface area contributed by atoms with E-state index in [0.29, 0.717) is 0 Å². The Labute approximate surface area is 174 Å². The molecule has 0 aliphatic rings. The van der Waals surface area contributed by atoms with Crippen LogP contribution in [0.2, 0.25) is 0 Å². The number of hydrogen-bond donors (Lipinski definition) is 2. The molecule has 2 N–H and O–H groups in total. The zero-order chi connectivity index (χ0) is 17.9. The fraction of sp³-hybridized carbons (Fsp3) is 0.450. The Kier molecular flexibility index (Phi) is 11.0. The third-order valence-electron chi connectivity index (χ3n) is 4.34. The summed E-state index contributed by atoms with van der Waals surface area (Å²) in [6.45, 7) is 10.1. The first-order valence-electron chi connectivity index (χ1n) is 9.10. The molecular weight excluding hydrogens is 437 g/mol. The van der Waals surface area contributed by atoms with Crippen molar-refractivity contribution in [1.82, 2.24) is 20.1 Å². The van der Waals surface area contributed by atoms with Crippen LogP contribution < -0.4 is 10.6 Å². The van der Waals surface area contributed by atoms with E-state index in [-0.39, 0.29) is 24.0 Å². The van der Waals surface area contributed by atoms with E-state index in [2.05, 4.69) is 75.6 Å². The number of nitrogens with one attached hydrogen (secondary N) is 2. The van der Waals surface area contributed by atoms with Crippen LogP contribution in [0.25, 0.3) is 0 Å². The second-order valence-corrected chi connectivity index (χ2v) is 6.05. The largest absolute Gasteiger partial charge is 0.355 e. The second kappa shape index (κ2) is 12.8. The Bertz CT molecular complexity index is 618. The van der Waals surface area contributed by atoms with Crippen molar-refractivity contribution in [2.24, 2.45) is 4.99 Å². The molecule has 0 aliphatic heterocycles. The molecule has 1 aromatic heterocycles. The van der Waals surface area contributed by atoms with E-state index in [4.69, 9.17) is 0 Å². The van der Waals surface area contributed by atoms with Crippen LogP contribution in [-0.4, -0.2) is 42.1 Å². The Balaban J connectivity index is 0.00000338. The predicted molar refractivity (Wildman–Crippen MR) is 121 cm³/mol. The summed E-state index contributed by atoms with van der Waals surface area (Å²) in [5, 5.41) is 6.71. The van der Waals surface area contributed by atoms with Crippen molar-refractivity contribution < 1.29 is 0 Å². The summed E-state index contributed by atoms with van der Waals surface area (Å²) in [6.07, 6.45) is 4.13. The SMILES string of the molecule is CCN(CC)Cc1ccc(CNC(=NC)NCCn2cccc2)cc1.I. The van der Waals surface area contributed by atoms with Crippen LogP contribution in [0, 0.1) is 0 Å². The molecule has 2 rings (SSSR count). The van der Waals surface area contributed by atoms with Gasteiger partial charge < -0.3 is 15.2 Å². The first-order chi connectivity index (χ1) is 12.2. The molecule has 144 valence electrons. The van der Waals surface area contributed by atoms with Crippen molar-refractivity contribution in [2.45, 2.75) is 33.5 Å². The van der Waals surface area contributed by atoms with Crippen molar-refractivity contribution in [2.75, 3.05) is 26.7 Å². The Hall–Kier alpha value is -1.54. The smallest absolute Gasteiger partial charge is 0.191 e. The van der Waals surface area contributed by atoms with E-state index >= 15 is 0 Å². The Morgan fingerprint density at radius 1 is 1.00 bits per heavy atom. The molecule has 0 unspecified atom stereocenters. The van der Waals surface area contributed by atoms with Gasteiger partial charge in [0.15, 0.2) is 5.96 Å². The summed E-state index contributed by atoms with van der Waals surface area (Å²) in [5.41, 5.74) is 2.62. The van der Waals surface area contributed by atoms with E-state index in [1.807, 2.05) is 12.1 Å². The molecule has 0 bridgehead atoms. The van der Waals surface area contributed by atoms with E-state index in [1.54, 1.807) is 7.05 Å². The summed E-state index contributed by atoms with van der Waals surface area (Å²) in [6, 6.07) is 12.9. The zero-order valence-corrected chi connectivity index (χ0v) is 18.4. The number of hydrogen-bond acceptors (Lipinski definition) is 2. The highest BCUT2D eigenvalue weighted by molar-refractivity contribution is 14.0. The highest BCUT2D eigenvalue weighted by Crippen LogP contribution is 2.07. The van der Waals surface area contributed by atoms with Crippen LogP contribution in [0.15, 0.2) is 53.8 Å². The van der Waals surface area contributed by atoms with Gasteiger partial charge in [-0.3, -0.25) is 9.89 Å². The van der Waals surface area contributed by atoms with Crippen molar-refractivity contribution >= 4 is 29.9 Å². The van der Waals surface area contributed by atoms with E-state index in [0.717, 1.165) is 45.2 Å². The normalized spacial score (nSPS) is 11.3. The lowest BCUT2D eigenvalue weighted by Crippen LogP contribution is -2.38. The highest BCUT2D eigenvalue weighted by atomic mass is 127. The van der Waals surface area contributed by atoms with Crippen molar-refractivity contribution in [3.05, 3.63) is 59.9 Å². The van der Waals surface area contributed by atoms with Crippen molar-refractivity contribution in [1.29, 1.82) is 0 Å². The van der Waals surface area contributed by atoms with Gasteiger partial charge in [0.05, 0.1) is 0 Å². The second-order valence-electron chi connectivity index (χ2n) is 6.05. The lowest BCUT2D eigenvalue weighted by Gasteiger charge is -2.18. The Morgan fingerprint density at radius 3 is 2.19 bits per heavy atom. The first kappa shape index (κ1) is 22.5. The number of aromatic nitrogens is 1. The molecule has 0 amide bonds. The van der Waals surface area contributed by atoms with Gasteiger partial charge in [0.1, 0.15) is 0 Å². The van der Waals surface area contributed by atoms with Crippen LogP contribution in [0.3, 0.4) is 0 Å². The molecule has 0 radical (unpaired) electrons. The van der Waals surface area contributed by atoms with Crippen molar-refractivity contribution in [3.63, 3.8) is 0 Å². The van der Waals surface area contributed by atoms with Crippen LogP contribution in [0.1, 0.15) is 25.0 Å². The summed E-state index contributed by atoms with van der Waals surface area (Å²) in [5.74, 6) is 0.833. The molecular formula is C20H32IN5. The predicted octanol–water partition coefficient (Wildman–Crippen LogP) is 3.31. The Morgan fingerprint density at radius 2 is 1.62 bits per heavy atom. The van der Waals surface area contributed by atoms with Crippen LogP contribution in [0.4, 0.5) is 0 Å². The molecule has 6 heteroatoms. The van der Waals surface area contributed by atoms with Gasteiger partial charge >= 0.3 is 0 Å². The summed E-state index contributed by atoms with van der Waals surface area (Å²) in [7, 11) is 1.80. The molecule has 1 heterocycles. The minimum atomic E-state index is 0. The first-order valence-corrected chi connectivity index (χ1v) is 9.10. The third-order valence-corrected chi connectivity index (χ3v) is 4.34. The van der Waals surface area contributed by atoms with Crippen LogP contribution in [-0.2, 0) is 19.6 Å². The number of benzene rings is 1. The van der Waals surface area contributed by atoms with Crippen molar-refractivity contribution in [3.8, 4) is 0 Å². The number of guanidine groups is 1. The molecule has 5 nitrogen and oxygen atoms in total. The summed E-state index contributed by atoms with van der Waals surface area (Å²) in [4.78, 5) is 6.70. The lowest BCUT2D eigenvalue weighted by molar-refractivity contribution is 0.296. The molecule has 26 heavy (non-hydrogen) atoms. The van der Waals surface area contributed by atoms with Crippen LogP contribution >= 0.6 is 24.0 Å². The maximum Gasteiger partial charge on any atom is 0.191 e. The molecule has 2 aromatic rings. The van der Waals surface area contributed by atoms with E-state index in [9.17, 15) is 0 Å². The minimum Gasteiger partial charge on any atom is -0.355 e. The number of aliphatic imine (C=N–C) groups is 1. The van der Waals surface area contributed by atoms with Gasteiger partial charge in [0.25, 0.3) is 0 Å². The standard InChI is InChI=1S/C20H31N5.HI/c1-4-24(5-2)17-19-10-8-18(9-11-19)16-23-20(21-3)22-12-15-25-13-6-7-14-25;/h6-11,13-14H,4-5,12,15-17H2,1-3H3,(H2,21,22,23);1H. The molecule has 0 saturated heterocycles. The fourth-order valence-corrected chi connectivity index (χ4v) is 2.70. The molecule has 0 atom stereocenters. The fourth-order valence-electron chi connectivity index (χ4n) is 2.70. The van der Waals surface area contributed by atoms with E-state index in [1.165, 1.54) is 11.1 Å². The topological polar surface area (TPSA) is 44.6 Å². The maximum absolute atomic E-state index is 4.28. The quantitative estimate of drug-likeness (QED) is 0.337. The molecule has 0 saturated carbocycles. The molecule has 0 aliphatic carbocycles. The maximum atomic E-state index is 4.28. The van der Waals surface area contributed by atoms with Crippen LogP contribution in [0.5, 0.6) is 0 Å². The van der Waals surface area contributed by atoms with Gasteiger partial charge in [-0.15, -0.1) is 24.0 Å². The lowest BCUT2D eigenvalue weighted by atomic mass is 10.1. The average Bonchev–Trinajstić information content (AvgIpc) is 3.17. The van der Waals surface area contributed by atoms with Gasteiger partial charge in [-0.1, -0.05) is 38.1 Å². The molecule has 0 spiro atoms. The number of nitrogens with zero attached hydrogens (tertiary/aromatic N) is 3. The zero-order valence-electron chi connectivity index (χ0n) is 16.1. The third kappa shape index (κ3) is 7.78. The van der Waals surface area contributed by atoms with Gasteiger partial charge in [-0.25, -0.2) is 0 Å². The molecule has 1 aromatic carbocycles. The van der Waals surface area contributed by atoms with Gasteiger partial charge in [-0.05, 0) is 36.3 Å².